The molecule has 0 bridgehead atoms. The van der Waals surface area contributed by atoms with Gasteiger partial charge in [0.2, 0.25) is 11.8 Å². The van der Waals surface area contributed by atoms with Crippen molar-refractivity contribution in [3.63, 3.8) is 0 Å². The van der Waals surface area contributed by atoms with Gasteiger partial charge in [-0.2, -0.15) is 0 Å². The summed E-state index contributed by atoms with van der Waals surface area (Å²) in [4.78, 5) is 25.2. The van der Waals surface area contributed by atoms with Gasteiger partial charge in [0, 0.05) is 9.99 Å². The lowest BCUT2D eigenvalue weighted by Crippen LogP contribution is -2.32. The second-order valence-corrected chi connectivity index (χ2v) is 5.82. The lowest BCUT2D eigenvalue weighted by molar-refractivity contribution is -0.124. The van der Waals surface area contributed by atoms with E-state index in [2.05, 4.69) is 22.6 Å². The predicted octanol–water partition coefficient (Wildman–Crippen LogP) is 2.58. The zero-order valence-corrected chi connectivity index (χ0v) is 11.3. The van der Waals surface area contributed by atoms with E-state index in [9.17, 15) is 9.59 Å². The second-order valence-electron chi connectivity index (χ2n) is 4.57. The zero-order valence-electron chi connectivity index (χ0n) is 9.16. The summed E-state index contributed by atoms with van der Waals surface area (Å²) in [6.07, 6.45) is 0.289. The lowest BCUT2D eigenvalue weighted by atomic mass is 9.92. The maximum Gasteiger partial charge on any atom is 0.239 e. The molecule has 1 heterocycles. The predicted molar refractivity (Wildman–Crippen MR) is 70.1 cm³/mol. The molecule has 1 saturated heterocycles. The highest BCUT2D eigenvalue weighted by Gasteiger charge is 2.45. The van der Waals surface area contributed by atoms with Crippen molar-refractivity contribution in [3.05, 3.63) is 27.8 Å². The third kappa shape index (κ3) is 1.86. The van der Waals surface area contributed by atoms with Gasteiger partial charge in [-0.05, 0) is 40.8 Å². The van der Waals surface area contributed by atoms with E-state index in [1.165, 1.54) is 4.90 Å². The monoisotopic (exact) mass is 329 g/mol. The first-order valence-corrected chi connectivity index (χ1v) is 6.13. The molecular formula is C12H12INO2. The van der Waals surface area contributed by atoms with Crippen molar-refractivity contribution >= 4 is 40.1 Å². The number of carbonyl (C=O) groups is 2. The van der Waals surface area contributed by atoms with Gasteiger partial charge in [-0.25, -0.2) is 0 Å². The Bertz CT molecular complexity index is 468. The summed E-state index contributed by atoms with van der Waals surface area (Å²) >= 11 is 2.17. The van der Waals surface area contributed by atoms with Crippen LogP contribution in [0.25, 0.3) is 0 Å². The molecule has 1 aromatic carbocycles. The standard InChI is InChI=1S/C12H12INO2/c1-12(2)7-10(15)14(11(12)16)9-5-3-4-8(13)6-9/h3-6H,7H2,1-2H3. The van der Waals surface area contributed by atoms with Crippen LogP contribution in [-0.2, 0) is 9.59 Å². The molecule has 0 spiro atoms. The summed E-state index contributed by atoms with van der Waals surface area (Å²) in [5, 5.41) is 0. The molecule has 2 rings (SSSR count). The van der Waals surface area contributed by atoms with E-state index >= 15 is 0 Å². The molecule has 0 atom stereocenters. The molecule has 0 unspecified atom stereocenters. The molecule has 0 aromatic heterocycles. The second kappa shape index (κ2) is 3.84. The lowest BCUT2D eigenvalue weighted by Gasteiger charge is -2.17. The number of anilines is 1. The molecule has 2 amide bonds. The third-order valence-electron chi connectivity index (χ3n) is 2.69. The maximum atomic E-state index is 12.1. The molecule has 4 heteroatoms. The number of imide groups is 1. The highest BCUT2D eigenvalue weighted by atomic mass is 127. The summed E-state index contributed by atoms with van der Waals surface area (Å²) in [6, 6.07) is 7.42. The van der Waals surface area contributed by atoms with Crippen molar-refractivity contribution in [2.24, 2.45) is 5.41 Å². The Balaban J connectivity index is 2.43. The fraction of sp³-hybridized carbons (Fsp3) is 0.333. The topological polar surface area (TPSA) is 37.4 Å². The van der Waals surface area contributed by atoms with Crippen LogP contribution in [0.15, 0.2) is 24.3 Å². The van der Waals surface area contributed by atoms with E-state index < -0.39 is 5.41 Å². The first-order valence-electron chi connectivity index (χ1n) is 5.05. The van der Waals surface area contributed by atoms with E-state index in [4.69, 9.17) is 0 Å². The molecule has 0 aliphatic carbocycles. The Labute approximate surface area is 108 Å². The molecule has 1 aliphatic heterocycles. The number of carbonyl (C=O) groups excluding carboxylic acids is 2. The van der Waals surface area contributed by atoms with E-state index in [1.807, 2.05) is 18.2 Å². The van der Waals surface area contributed by atoms with Crippen LogP contribution in [0.2, 0.25) is 0 Å². The molecule has 84 valence electrons. The Morgan fingerprint density at radius 1 is 1.31 bits per heavy atom. The summed E-state index contributed by atoms with van der Waals surface area (Å²) in [6.45, 7) is 3.61. The van der Waals surface area contributed by atoms with E-state index in [0.717, 1.165) is 3.57 Å². The third-order valence-corrected chi connectivity index (χ3v) is 3.36. The minimum absolute atomic E-state index is 0.112. The van der Waals surface area contributed by atoms with Gasteiger partial charge in [0.05, 0.1) is 11.1 Å². The van der Waals surface area contributed by atoms with Crippen molar-refractivity contribution in [1.82, 2.24) is 0 Å². The van der Waals surface area contributed by atoms with Gasteiger partial charge in [-0.1, -0.05) is 19.9 Å². The average molecular weight is 329 g/mol. The van der Waals surface area contributed by atoms with Gasteiger partial charge in [-0.3, -0.25) is 14.5 Å². The highest BCUT2D eigenvalue weighted by Crippen LogP contribution is 2.35. The SMILES string of the molecule is CC1(C)CC(=O)N(c2cccc(I)c2)C1=O. The Morgan fingerprint density at radius 3 is 2.50 bits per heavy atom. The molecule has 1 aromatic rings. The summed E-state index contributed by atoms with van der Waals surface area (Å²) < 4.78 is 1.01. The van der Waals surface area contributed by atoms with Gasteiger partial charge in [0.25, 0.3) is 0 Å². The number of halogens is 1. The minimum atomic E-state index is -0.571. The van der Waals surface area contributed by atoms with Gasteiger partial charge in [-0.15, -0.1) is 0 Å². The van der Waals surface area contributed by atoms with Crippen molar-refractivity contribution in [1.29, 1.82) is 0 Å². The van der Waals surface area contributed by atoms with E-state index in [1.54, 1.807) is 19.9 Å². The molecule has 0 saturated carbocycles. The summed E-state index contributed by atoms with van der Waals surface area (Å²) in [7, 11) is 0. The Hall–Kier alpha value is -0.910. The van der Waals surface area contributed by atoms with Crippen molar-refractivity contribution in [2.75, 3.05) is 4.90 Å². The van der Waals surface area contributed by atoms with Crippen LogP contribution in [0.4, 0.5) is 5.69 Å². The molecule has 0 radical (unpaired) electrons. The molecular weight excluding hydrogens is 317 g/mol. The number of hydrogen-bond acceptors (Lipinski definition) is 2. The summed E-state index contributed by atoms with van der Waals surface area (Å²) in [5.74, 6) is -0.225. The normalized spacial score (nSPS) is 19.3. The summed E-state index contributed by atoms with van der Waals surface area (Å²) in [5.41, 5.74) is 0.103. The Morgan fingerprint density at radius 2 is 2.00 bits per heavy atom. The van der Waals surface area contributed by atoms with Gasteiger partial charge in [0.15, 0.2) is 0 Å². The number of rotatable bonds is 1. The van der Waals surface area contributed by atoms with Crippen molar-refractivity contribution in [2.45, 2.75) is 20.3 Å². The van der Waals surface area contributed by atoms with Crippen LogP contribution in [0.5, 0.6) is 0 Å². The quantitative estimate of drug-likeness (QED) is 0.587. The molecule has 0 N–H and O–H groups in total. The smallest absolute Gasteiger partial charge is 0.239 e. The average Bonchev–Trinajstić information content (AvgIpc) is 2.36. The van der Waals surface area contributed by atoms with Crippen molar-refractivity contribution < 1.29 is 9.59 Å². The molecule has 1 fully saturated rings. The molecule has 16 heavy (non-hydrogen) atoms. The highest BCUT2D eigenvalue weighted by molar-refractivity contribution is 14.1. The van der Waals surface area contributed by atoms with Crippen LogP contribution in [0.1, 0.15) is 20.3 Å². The van der Waals surface area contributed by atoms with Crippen LogP contribution in [0.3, 0.4) is 0 Å². The van der Waals surface area contributed by atoms with Gasteiger partial charge < -0.3 is 0 Å². The van der Waals surface area contributed by atoms with Crippen LogP contribution in [0, 0.1) is 8.99 Å². The Kier molecular flexibility index (Phi) is 2.77. The van der Waals surface area contributed by atoms with Crippen LogP contribution >= 0.6 is 22.6 Å². The van der Waals surface area contributed by atoms with Crippen LogP contribution in [-0.4, -0.2) is 11.8 Å². The van der Waals surface area contributed by atoms with Gasteiger partial charge in [0.1, 0.15) is 0 Å². The first-order chi connectivity index (χ1) is 7.42. The fourth-order valence-corrected chi connectivity index (χ4v) is 2.35. The number of nitrogens with zero attached hydrogens (tertiary/aromatic N) is 1. The van der Waals surface area contributed by atoms with E-state index in [0.29, 0.717) is 5.69 Å². The zero-order chi connectivity index (χ0) is 11.9. The molecule has 1 aliphatic rings. The largest absolute Gasteiger partial charge is 0.274 e. The maximum absolute atomic E-state index is 12.1. The van der Waals surface area contributed by atoms with Gasteiger partial charge >= 0.3 is 0 Å². The molecule has 3 nitrogen and oxygen atoms in total. The minimum Gasteiger partial charge on any atom is -0.274 e. The number of benzene rings is 1. The first kappa shape index (κ1) is 11.6. The number of hydrogen-bond donors (Lipinski definition) is 0. The van der Waals surface area contributed by atoms with Crippen molar-refractivity contribution in [3.8, 4) is 0 Å². The fourth-order valence-electron chi connectivity index (χ4n) is 1.83. The van der Waals surface area contributed by atoms with E-state index in [-0.39, 0.29) is 18.2 Å². The number of amides is 2. The van der Waals surface area contributed by atoms with Crippen LogP contribution < -0.4 is 4.90 Å².